The summed E-state index contributed by atoms with van der Waals surface area (Å²) < 4.78 is 23.8. The molecule has 0 bridgehead atoms. The van der Waals surface area contributed by atoms with Crippen LogP contribution in [-0.2, 0) is 10.2 Å². The number of nitrogens with zero attached hydrogens (tertiary/aromatic N) is 2. The van der Waals surface area contributed by atoms with Crippen molar-refractivity contribution in [1.82, 2.24) is 10.1 Å². The number of halogens is 1. The van der Waals surface area contributed by atoms with E-state index in [9.17, 15) is 9.18 Å². The number of hydrogen-bond acceptors (Lipinski definition) is 5. The molecule has 0 saturated heterocycles. The van der Waals surface area contributed by atoms with Gasteiger partial charge in [-0.05, 0) is 59.5 Å². The Bertz CT molecular complexity index is 944. The van der Waals surface area contributed by atoms with Crippen LogP contribution in [0.2, 0.25) is 0 Å². The first-order chi connectivity index (χ1) is 13.2. The van der Waals surface area contributed by atoms with E-state index in [1.807, 2.05) is 24.3 Å². The van der Waals surface area contributed by atoms with Gasteiger partial charge in [-0.15, -0.1) is 0 Å². The summed E-state index contributed by atoms with van der Waals surface area (Å²) in [4.78, 5) is 16.4. The topological polar surface area (TPSA) is 77.2 Å². The molecule has 0 spiro atoms. The molecule has 1 heterocycles. The van der Waals surface area contributed by atoms with Crippen LogP contribution in [0.3, 0.4) is 0 Å². The molecule has 0 radical (unpaired) electrons. The van der Waals surface area contributed by atoms with Crippen molar-refractivity contribution in [3.63, 3.8) is 0 Å². The highest BCUT2D eigenvalue weighted by Gasteiger charge is 2.19. The lowest BCUT2D eigenvalue weighted by atomic mass is 9.87. The second-order valence-electron chi connectivity index (χ2n) is 7.45. The van der Waals surface area contributed by atoms with Gasteiger partial charge in [-0.3, -0.25) is 10.1 Å². The average molecular weight is 383 g/mol. The van der Waals surface area contributed by atoms with Gasteiger partial charge in [-0.2, -0.15) is 4.98 Å². The van der Waals surface area contributed by atoms with Crippen LogP contribution in [0, 0.1) is 5.82 Å². The maximum Gasteiger partial charge on any atom is 0.270 e. The lowest BCUT2D eigenvalue weighted by Gasteiger charge is -2.20. The van der Waals surface area contributed by atoms with Crippen LogP contribution < -0.4 is 10.1 Å². The summed E-state index contributed by atoms with van der Waals surface area (Å²) in [6, 6.07) is 13.2. The predicted molar refractivity (Wildman–Crippen MR) is 104 cm³/mol. The van der Waals surface area contributed by atoms with Crippen LogP contribution >= 0.6 is 0 Å². The number of nitrogens with one attached hydrogen (secondary N) is 1. The van der Waals surface area contributed by atoms with Crippen molar-refractivity contribution in [2.24, 2.45) is 0 Å². The van der Waals surface area contributed by atoms with Crippen molar-refractivity contribution in [3.8, 4) is 17.2 Å². The van der Waals surface area contributed by atoms with Gasteiger partial charge in [0.05, 0.1) is 0 Å². The lowest BCUT2D eigenvalue weighted by molar-refractivity contribution is -0.122. The molecule has 2 aromatic carbocycles. The van der Waals surface area contributed by atoms with E-state index < -0.39 is 12.0 Å². The fourth-order valence-corrected chi connectivity index (χ4v) is 2.49. The molecule has 3 rings (SSSR count). The first-order valence-corrected chi connectivity index (χ1v) is 8.90. The predicted octanol–water partition coefficient (Wildman–Crippen LogP) is 4.58. The highest BCUT2D eigenvalue weighted by Crippen LogP contribution is 2.25. The van der Waals surface area contributed by atoms with Crippen LogP contribution in [-0.4, -0.2) is 22.2 Å². The third-order valence-electron chi connectivity index (χ3n) is 4.15. The number of hydrogen-bond donors (Lipinski definition) is 1. The first kappa shape index (κ1) is 19.5. The highest BCUT2D eigenvalue weighted by atomic mass is 19.1. The zero-order valence-electron chi connectivity index (χ0n) is 16.2. The van der Waals surface area contributed by atoms with Crippen molar-refractivity contribution in [2.45, 2.75) is 39.2 Å². The van der Waals surface area contributed by atoms with Crippen molar-refractivity contribution in [1.29, 1.82) is 0 Å². The number of rotatable bonds is 5. The third kappa shape index (κ3) is 4.73. The molecule has 1 atom stereocenters. The molecule has 3 aromatic rings. The Morgan fingerprint density at radius 2 is 1.75 bits per heavy atom. The second kappa shape index (κ2) is 7.80. The standard InChI is InChI=1S/C21H22FN3O3/c1-13(27-17-11-7-15(8-12-17)21(2,3)4)18(26)23-20-24-19(28-25-20)14-5-9-16(22)10-6-14/h5-13H,1-4H3,(H,23,25,26)/t13-/m0/s1. The van der Waals surface area contributed by atoms with Crippen LogP contribution in [0.15, 0.2) is 53.1 Å². The Kier molecular flexibility index (Phi) is 5.44. The molecule has 0 aliphatic carbocycles. The van der Waals surface area contributed by atoms with Crippen molar-refractivity contribution in [3.05, 3.63) is 59.9 Å². The first-order valence-electron chi connectivity index (χ1n) is 8.90. The molecule has 0 fully saturated rings. The van der Waals surface area contributed by atoms with Gasteiger partial charge < -0.3 is 9.26 Å². The summed E-state index contributed by atoms with van der Waals surface area (Å²) in [5, 5.41) is 6.26. The van der Waals surface area contributed by atoms with Gasteiger partial charge in [0.2, 0.25) is 0 Å². The Labute approximate surface area is 162 Å². The van der Waals surface area contributed by atoms with Crippen molar-refractivity contribution < 1.29 is 18.4 Å². The Morgan fingerprint density at radius 3 is 2.36 bits per heavy atom. The molecule has 1 amide bonds. The van der Waals surface area contributed by atoms with E-state index in [4.69, 9.17) is 9.26 Å². The third-order valence-corrected chi connectivity index (χ3v) is 4.15. The molecule has 146 valence electrons. The smallest absolute Gasteiger partial charge is 0.270 e. The maximum atomic E-state index is 13.0. The van der Waals surface area contributed by atoms with Gasteiger partial charge in [-0.1, -0.05) is 32.9 Å². The van der Waals surface area contributed by atoms with Crippen LogP contribution in [0.1, 0.15) is 33.3 Å². The number of amides is 1. The minimum Gasteiger partial charge on any atom is -0.481 e. The number of ether oxygens (including phenoxy) is 1. The van der Waals surface area contributed by atoms with Gasteiger partial charge in [-0.25, -0.2) is 4.39 Å². The molecular weight excluding hydrogens is 361 g/mol. The number of carbonyl (C=O) groups excluding carboxylic acids is 1. The number of anilines is 1. The normalized spacial score (nSPS) is 12.5. The summed E-state index contributed by atoms with van der Waals surface area (Å²) in [7, 11) is 0. The minimum absolute atomic E-state index is 0.0165. The van der Waals surface area contributed by atoms with E-state index in [-0.39, 0.29) is 23.1 Å². The molecule has 7 heteroatoms. The monoisotopic (exact) mass is 383 g/mol. The molecule has 1 aromatic heterocycles. The van der Waals surface area contributed by atoms with Crippen LogP contribution in [0.4, 0.5) is 10.3 Å². The Hall–Kier alpha value is -3.22. The van der Waals surface area contributed by atoms with Gasteiger partial charge in [0.25, 0.3) is 17.7 Å². The minimum atomic E-state index is -0.756. The Morgan fingerprint density at radius 1 is 1.11 bits per heavy atom. The second-order valence-corrected chi connectivity index (χ2v) is 7.45. The summed E-state index contributed by atoms with van der Waals surface area (Å²) in [6.45, 7) is 8.02. The molecular formula is C21H22FN3O3. The molecule has 0 saturated carbocycles. The van der Waals surface area contributed by atoms with Crippen LogP contribution in [0.5, 0.6) is 5.75 Å². The van der Waals surface area contributed by atoms with Crippen LogP contribution in [0.25, 0.3) is 11.5 Å². The van der Waals surface area contributed by atoms with E-state index in [1.165, 1.54) is 29.8 Å². The summed E-state index contributed by atoms with van der Waals surface area (Å²) in [5.41, 5.74) is 1.78. The summed E-state index contributed by atoms with van der Waals surface area (Å²) >= 11 is 0. The van der Waals surface area contributed by atoms with Gasteiger partial charge in [0.15, 0.2) is 6.10 Å². The van der Waals surface area contributed by atoms with E-state index in [2.05, 4.69) is 36.2 Å². The fraction of sp³-hybridized carbons (Fsp3) is 0.286. The quantitative estimate of drug-likeness (QED) is 0.698. The number of benzene rings is 2. The van der Waals surface area contributed by atoms with Crippen molar-refractivity contribution in [2.75, 3.05) is 5.32 Å². The highest BCUT2D eigenvalue weighted by molar-refractivity contribution is 5.92. The molecule has 28 heavy (non-hydrogen) atoms. The summed E-state index contributed by atoms with van der Waals surface area (Å²) in [6.07, 6.45) is -0.756. The van der Waals surface area contributed by atoms with Gasteiger partial charge in [0, 0.05) is 5.56 Å². The SMILES string of the molecule is C[C@H](Oc1ccc(C(C)(C)C)cc1)C(=O)Nc1noc(-c2ccc(F)cc2)n1. The number of aromatic nitrogens is 2. The summed E-state index contributed by atoms with van der Waals surface area (Å²) in [5.74, 6) is 0.0184. The molecule has 0 unspecified atom stereocenters. The molecule has 1 N–H and O–H groups in total. The zero-order chi connectivity index (χ0) is 20.3. The van der Waals surface area contributed by atoms with Gasteiger partial charge >= 0.3 is 0 Å². The van der Waals surface area contributed by atoms with E-state index in [0.29, 0.717) is 11.3 Å². The largest absolute Gasteiger partial charge is 0.481 e. The van der Waals surface area contributed by atoms with E-state index >= 15 is 0 Å². The van der Waals surface area contributed by atoms with Crippen molar-refractivity contribution >= 4 is 11.9 Å². The average Bonchev–Trinajstić information content (AvgIpc) is 3.10. The van der Waals surface area contributed by atoms with Gasteiger partial charge in [0.1, 0.15) is 11.6 Å². The fourth-order valence-electron chi connectivity index (χ4n) is 2.49. The lowest BCUT2D eigenvalue weighted by Crippen LogP contribution is -2.30. The maximum absolute atomic E-state index is 13.0. The molecule has 0 aliphatic heterocycles. The Balaban J connectivity index is 1.61. The van der Waals surface area contributed by atoms with E-state index in [1.54, 1.807) is 6.92 Å². The van der Waals surface area contributed by atoms with E-state index in [0.717, 1.165) is 0 Å². The molecule has 6 nitrogen and oxygen atoms in total. The zero-order valence-corrected chi connectivity index (χ0v) is 16.2. The molecule has 0 aliphatic rings. The number of carbonyl (C=O) groups is 1.